The molecule has 0 saturated heterocycles. The van der Waals surface area contributed by atoms with E-state index in [4.69, 9.17) is 10.8 Å². The molecule has 0 aliphatic rings. The Kier molecular flexibility index (Phi) is 7.33. The van der Waals surface area contributed by atoms with Gasteiger partial charge in [-0.3, -0.25) is 4.79 Å². The molecule has 0 aromatic rings. The maximum Gasteiger partial charge on any atom is 0.218 e. The minimum atomic E-state index is -3.22. The molecule has 1 amide bonds. The summed E-state index contributed by atoms with van der Waals surface area (Å²) in [5.74, 6) is -0.778. The monoisotopic (exact) mass is 266 g/mol. The third-order valence-corrected chi connectivity index (χ3v) is 4.00. The predicted molar refractivity (Wildman–Crippen MR) is 66.3 cm³/mol. The molecule has 0 aliphatic carbocycles. The van der Waals surface area contributed by atoms with Gasteiger partial charge in [-0.1, -0.05) is 0 Å². The van der Waals surface area contributed by atoms with Crippen molar-refractivity contribution in [1.29, 1.82) is 0 Å². The maximum atomic E-state index is 11.5. The summed E-state index contributed by atoms with van der Waals surface area (Å²) in [5, 5.41) is 9.08. The molecule has 0 bridgehead atoms. The number of carbonyl (C=O) groups excluding carboxylic acids is 1. The zero-order valence-electron chi connectivity index (χ0n) is 10.4. The predicted octanol–water partition coefficient (Wildman–Crippen LogP) is -1.02. The molecular weight excluding hydrogens is 244 g/mol. The SMILES string of the molecule is CC(O)CCN(C)CCS(=O)(=O)CCC(N)=O. The van der Waals surface area contributed by atoms with E-state index >= 15 is 0 Å². The minimum absolute atomic E-state index is 0.0105. The number of aliphatic hydroxyl groups excluding tert-OH is 1. The highest BCUT2D eigenvalue weighted by Crippen LogP contribution is 1.97. The molecule has 0 saturated carbocycles. The fraction of sp³-hybridized carbons (Fsp3) is 0.900. The zero-order chi connectivity index (χ0) is 13.5. The smallest absolute Gasteiger partial charge is 0.218 e. The van der Waals surface area contributed by atoms with Crippen molar-refractivity contribution >= 4 is 15.7 Å². The highest BCUT2D eigenvalue weighted by Gasteiger charge is 2.13. The molecule has 7 heteroatoms. The van der Waals surface area contributed by atoms with E-state index in [9.17, 15) is 13.2 Å². The van der Waals surface area contributed by atoms with Crippen LogP contribution in [0.3, 0.4) is 0 Å². The van der Waals surface area contributed by atoms with Crippen LogP contribution in [0.2, 0.25) is 0 Å². The molecule has 0 rings (SSSR count). The number of rotatable bonds is 9. The van der Waals surface area contributed by atoms with Crippen molar-refractivity contribution in [1.82, 2.24) is 4.90 Å². The second-order valence-electron chi connectivity index (χ2n) is 4.31. The normalized spacial score (nSPS) is 13.9. The largest absolute Gasteiger partial charge is 0.393 e. The molecule has 1 atom stereocenters. The molecule has 1 unspecified atom stereocenters. The van der Waals surface area contributed by atoms with E-state index in [1.165, 1.54) is 0 Å². The molecule has 0 heterocycles. The van der Waals surface area contributed by atoms with E-state index in [2.05, 4.69) is 0 Å². The maximum absolute atomic E-state index is 11.5. The lowest BCUT2D eigenvalue weighted by Crippen LogP contribution is -2.29. The Morgan fingerprint density at radius 3 is 2.41 bits per heavy atom. The van der Waals surface area contributed by atoms with Crippen LogP contribution in [0, 0.1) is 0 Å². The van der Waals surface area contributed by atoms with Crippen molar-refractivity contribution in [3.8, 4) is 0 Å². The average molecular weight is 266 g/mol. The van der Waals surface area contributed by atoms with E-state index in [-0.39, 0.29) is 24.0 Å². The van der Waals surface area contributed by atoms with Crippen molar-refractivity contribution < 1.29 is 18.3 Å². The lowest BCUT2D eigenvalue weighted by Gasteiger charge is -2.17. The second-order valence-corrected chi connectivity index (χ2v) is 6.61. The first kappa shape index (κ1) is 16.3. The van der Waals surface area contributed by atoms with Crippen molar-refractivity contribution in [2.75, 3.05) is 31.6 Å². The second kappa shape index (κ2) is 7.62. The molecule has 0 aromatic carbocycles. The number of carbonyl (C=O) groups is 1. The van der Waals surface area contributed by atoms with E-state index in [1.54, 1.807) is 14.0 Å². The molecule has 0 aliphatic heterocycles. The van der Waals surface area contributed by atoms with Crippen LogP contribution in [0.4, 0.5) is 0 Å². The molecule has 102 valence electrons. The summed E-state index contributed by atoms with van der Waals surface area (Å²) in [4.78, 5) is 12.3. The van der Waals surface area contributed by atoms with E-state index in [0.717, 1.165) is 0 Å². The van der Waals surface area contributed by atoms with Gasteiger partial charge in [-0.05, 0) is 20.4 Å². The van der Waals surface area contributed by atoms with Crippen molar-refractivity contribution in [3.05, 3.63) is 0 Å². The first-order valence-electron chi connectivity index (χ1n) is 5.58. The average Bonchev–Trinajstić information content (AvgIpc) is 2.21. The Bertz CT molecular complexity index is 327. The Balaban J connectivity index is 3.88. The van der Waals surface area contributed by atoms with Gasteiger partial charge in [-0.15, -0.1) is 0 Å². The topological polar surface area (TPSA) is 101 Å². The van der Waals surface area contributed by atoms with Crippen molar-refractivity contribution in [2.24, 2.45) is 5.73 Å². The van der Waals surface area contributed by atoms with Gasteiger partial charge in [0.1, 0.15) is 0 Å². The first-order valence-corrected chi connectivity index (χ1v) is 7.40. The van der Waals surface area contributed by atoms with Crippen molar-refractivity contribution in [3.63, 3.8) is 0 Å². The number of primary amides is 1. The van der Waals surface area contributed by atoms with Crippen LogP contribution in [0.15, 0.2) is 0 Å². The number of amides is 1. The molecule has 0 radical (unpaired) electrons. The Hall–Kier alpha value is -0.660. The lowest BCUT2D eigenvalue weighted by molar-refractivity contribution is -0.117. The zero-order valence-corrected chi connectivity index (χ0v) is 11.2. The van der Waals surface area contributed by atoms with E-state index < -0.39 is 15.7 Å². The molecule has 0 fully saturated rings. The van der Waals surface area contributed by atoms with E-state index in [1.807, 2.05) is 4.90 Å². The standard InChI is InChI=1S/C10H22N2O4S/c1-9(13)3-5-12(2)6-8-17(15,16)7-4-10(11)14/h9,13H,3-8H2,1-2H3,(H2,11,14). The quantitative estimate of drug-likeness (QED) is 0.556. The van der Waals surface area contributed by atoms with Crippen LogP contribution in [0.5, 0.6) is 0 Å². The summed E-state index contributed by atoms with van der Waals surface area (Å²) in [6.07, 6.45) is 0.0984. The number of sulfone groups is 1. The van der Waals surface area contributed by atoms with Crippen molar-refractivity contribution in [2.45, 2.75) is 25.9 Å². The van der Waals surface area contributed by atoms with Gasteiger partial charge in [0, 0.05) is 19.5 Å². The van der Waals surface area contributed by atoms with E-state index in [0.29, 0.717) is 19.5 Å². The van der Waals surface area contributed by atoms with Gasteiger partial charge >= 0.3 is 0 Å². The van der Waals surface area contributed by atoms with Gasteiger partial charge in [0.15, 0.2) is 9.84 Å². The molecule has 17 heavy (non-hydrogen) atoms. The van der Waals surface area contributed by atoms with Gasteiger partial charge in [0.05, 0.1) is 17.6 Å². The van der Waals surface area contributed by atoms with Gasteiger partial charge in [-0.25, -0.2) is 8.42 Å². The summed E-state index contributed by atoms with van der Waals surface area (Å²) in [7, 11) is -1.42. The Morgan fingerprint density at radius 1 is 1.35 bits per heavy atom. The molecule has 0 spiro atoms. The summed E-state index contributed by atoms with van der Waals surface area (Å²) in [6.45, 7) is 2.73. The van der Waals surface area contributed by atoms with Crippen LogP contribution >= 0.6 is 0 Å². The molecule has 6 nitrogen and oxygen atoms in total. The first-order chi connectivity index (χ1) is 7.73. The lowest BCUT2D eigenvalue weighted by atomic mass is 10.3. The number of hydrogen-bond donors (Lipinski definition) is 2. The number of hydrogen-bond acceptors (Lipinski definition) is 5. The molecular formula is C10H22N2O4S. The minimum Gasteiger partial charge on any atom is -0.393 e. The van der Waals surface area contributed by atoms with Crippen LogP contribution in [-0.2, 0) is 14.6 Å². The van der Waals surface area contributed by atoms with Gasteiger partial charge < -0.3 is 15.7 Å². The Labute approximate surface area is 103 Å². The summed E-state index contributed by atoms with van der Waals surface area (Å²) >= 11 is 0. The number of aliphatic hydroxyl groups is 1. The molecule has 0 aromatic heterocycles. The van der Waals surface area contributed by atoms with Gasteiger partial charge in [0.25, 0.3) is 0 Å². The fourth-order valence-corrected chi connectivity index (χ4v) is 2.48. The van der Waals surface area contributed by atoms with Crippen LogP contribution < -0.4 is 5.73 Å². The third kappa shape index (κ3) is 10.2. The highest BCUT2D eigenvalue weighted by atomic mass is 32.2. The summed E-state index contributed by atoms with van der Waals surface area (Å²) in [6, 6.07) is 0. The van der Waals surface area contributed by atoms with Gasteiger partial charge in [0.2, 0.25) is 5.91 Å². The number of nitrogens with zero attached hydrogens (tertiary/aromatic N) is 1. The van der Waals surface area contributed by atoms with Gasteiger partial charge in [-0.2, -0.15) is 0 Å². The summed E-state index contributed by atoms with van der Waals surface area (Å²) < 4.78 is 23.0. The van der Waals surface area contributed by atoms with Crippen LogP contribution in [0.1, 0.15) is 19.8 Å². The third-order valence-electron chi connectivity index (χ3n) is 2.37. The van der Waals surface area contributed by atoms with Crippen LogP contribution in [0.25, 0.3) is 0 Å². The summed E-state index contributed by atoms with van der Waals surface area (Å²) in [5.41, 5.74) is 4.90. The highest BCUT2D eigenvalue weighted by molar-refractivity contribution is 7.91. The molecule has 3 N–H and O–H groups in total. The number of nitrogens with two attached hydrogens (primary N) is 1. The van der Waals surface area contributed by atoms with Crippen LogP contribution in [-0.4, -0.2) is 62.1 Å². The Morgan fingerprint density at radius 2 is 1.94 bits per heavy atom. The fourth-order valence-electron chi connectivity index (χ4n) is 1.17.